The van der Waals surface area contributed by atoms with Gasteiger partial charge < -0.3 is 10.3 Å². The number of aromatic nitrogens is 3. The van der Waals surface area contributed by atoms with Gasteiger partial charge in [0, 0.05) is 30.0 Å². The number of halogens is 1. The zero-order chi connectivity index (χ0) is 17.3. The largest absolute Gasteiger partial charge is 0.358 e. The summed E-state index contributed by atoms with van der Waals surface area (Å²) in [6.07, 6.45) is 4.05. The fourth-order valence-electron chi connectivity index (χ4n) is 2.99. The maximum absolute atomic E-state index is 13.9. The third kappa shape index (κ3) is 2.91. The molecule has 0 saturated heterocycles. The lowest BCUT2D eigenvalue weighted by molar-refractivity contribution is -0.124. The molecule has 1 amide bonds. The van der Waals surface area contributed by atoms with Crippen molar-refractivity contribution in [2.45, 2.75) is 39.8 Å². The molecule has 0 fully saturated rings. The van der Waals surface area contributed by atoms with E-state index in [9.17, 15) is 9.18 Å². The van der Waals surface area contributed by atoms with Gasteiger partial charge in [-0.1, -0.05) is 6.92 Å². The van der Waals surface area contributed by atoms with E-state index in [0.29, 0.717) is 6.42 Å². The Morgan fingerprint density at radius 3 is 2.88 bits per heavy atom. The molecule has 3 aromatic rings. The van der Waals surface area contributed by atoms with E-state index >= 15 is 0 Å². The Hall–Kier alpha value is -2.63. The normalized spacial score (nSPS) is 12.5. The smallest absolute Gasteiger partial charge is 0.245 e. The van der Waals surface area contributed by atoms with Crippen LogP contribution in [0.1, 0.15) is 36.2 Å². The topological polar surface area (TPSA) is 62.7 Å². The van der Waals surface area contributed by atoms with Gasteiger partial charge in [-0.15, -0.1) is 0 Å². The Morgan fingerprint density at radius 1 is 1.42 bits per heavy atom. The van der Waals surface area contributed by atoms with Gasteiger partial charge in [0.05, 0.1) is 5.52 Å². The number of aromatic amines is 1. The van der Waals surface area contributed by atoms with E-state index in [4.69, 9.17) is 0 Å². The van der Waals surface area contributed by atoms with Crippen LogP contribution in [0.5, 0.6) is 0 Å². The molecule has 0 aliphatic carbocycles. The highest BCUT2D eigenvalue weighted by Crippen LogP contribution is 2.25. The van der Waals surface area contributed by atoms with Gasteiger partial charge in [0.15, 0.2) is 0 Å². The first-order valence-corrected chi connectivity index (χ1v) is 8.05. The molecule has 0 aliphatic rings. The lowest BCUT2D eigenvalue weighted by atomic mass is 10.1. The molecule has 24 heavy (non-hydrogen) atoms. The Labute approximate surface area is 139 Å². The van der Waals surface area contributed by atoms with Crippen molar-refractivity contribution in [1.82, 2.24) is 20.1 Å². The number of hydrogen-bond donors (Lipinski definition) is 2. The molecule has 2 heterocycles. The summed E-state index contributed by atoms with van der Waals surface area (Å²) in [5, 5.41) is 7.89. The highest BCUT2D eigenvalue weighted by Gasteiger charge is 2.19. The van der Waals surface area contributed by atoms with E-state index in [1.165, 1.54) is 12.1 Å². The first kappa shape index (κ1) is 16.2. The molecular formula is C18H21FN4O. The van der Waals surface area contributed by atoms with Gasteiger partial charge in [0.2, 0.25) is 5.91 Å². The molecule has 5 nitrogen and oxygen atoms in total. The molecule has 1 aromatic carbocycles. The van der Waals surface area contributed by atoms with Crippen LogP contribution >= 0.6 is 0 Å². The summed E-state index contributed by atoms with van der Waals surface area (Å²) in [6.45, 7) is 6.12. The number of aryl methyl sites for hydroxylation is 2. The fraction of sp³-hybridized carbons (Fsp3) is 0.333. The third-order valence-corrected chi connectivity index (χ3v) is 4.45. The zero-order valence-electron chi connectivity index (χ0n) is 14.1. The predicted molar refractivity (Wildman–Crippen MR) is 91.1 cm³/mol. The van der Waals surface area contributed by atoms with Crippen LogP contribution in [0.2, 0.25) is 0 Å². The summed E-state index contributed by atoms with van der Waals surface area (Å²) in [5.74, 6) is -0.424. The van der Waals surface area contributed by atoms with Crippen LogP contribution in [0, 0.1) is 19.7 Å². The second kappa shape index (κ2) is 6.47. The Kier molecular flexibility index (Phi) is 4.38. The molecule has 2 aromatic heterocycles. The second-order valence-electron chi connectivity index (χ2n) is 5.99. The number of hydrogen-bond acceptors (Lipinski definition) is 2. The van der Waals surface area contributed by atoms with Gasteiger partial charge in [0.1, 0.15) is 11.9 Å². The number of fused-ring (bicyclic) bond motifs is 1. The van der Waals surface area contributed by atoms with Crippen molar-refractivity contribution in [3.8, 4) is 0 Å². The van der Waals surface area contributed by atoms with Gasteiger partial charge in [-0.2, -0.15) is 5.10 Å². The van der Waals surface area contributed by atoms with Crippen LogP contribution in [-0.2, 0) is 11.3 Å². The van der Waals surface area contributed by atoms with Crippen molar-refractivity contribution in [2.24, 2.45) is 0 Å². The minimum atomic E-state index is -0.365. The number of carbonyl (C=O) groups is 1. The Bertz CT molecular complexity index is 867. The Morgan fingerprint density at radius 2 is 2.21 bits per heavy atom. The van der Waals surface area contributed by atoms with Crippen LogP contribution in [0.25, 0.3) is 10.9 Å². The maximum Gasteiger partial charge on any atom is 0.245 e. The summed E-state index contributed by atoms with van der Waals surface area (Å²) < 4.78 is 15.6. The van der Waals surface area contributed by atoms with Crippen molar-refractivity contribution in [1.29, 1.82) is 0 Å². The molecule has 0 saturated carbocycles. The van der Waals surface area contributed by atoms with E-state index < -0.39 is 0 Å². The van der Waals surface area contributed by atoms with Crippen LogP contribution in [0.15, 0.2) is 30.6 Å². The quantitative estimate of drug-likeness (QED) is 0.754. The van der Waals surface area contributed by atoms with E-state index in [1.54, 1.807) is 23.1 Å². The third-order valence-electron chi connectivity index (χ3n) is 4.45. The Balaban J connectivity index is 1.83. The number of amides is 1. The zero-order valence-corrected chi connectivity index (χ0v) is 14.1. The van der Waals surface area contributed by atoms with E-state index in [2.05, 4.69) is 15.4 Å². The number of nitrogens with one attached hydrogen (secondary N) is 2. The summed E-state index contributed by atoms with van der Waals surface area (Å²) in [6, 6.07) is 4.41. The summed E-state index contributed by atoms with van der Waals surface area (Å²) in [4.78, 5) is 15.7. The fourth-order valence-corrected chi connectivity index (χ4v) is 2.99. The molecule has 0 spiro atoms. The predicted octanol–water partition coefficient (Wildman–Crippen LogP) is 3.39. The molecule has 3 rings (SSSR count). The SMILES string of the molecule is CC[C@H](C(=O)NCc1cc(F)cc2c(C)c(C)[nH]c12)n1cccn1. The minimum absolute atomic E-state index is 0.126. The lowest BCUT2D eigenvalue weighted by Gasteiger charge is -2.16. The van der Waals surface area contributed by atoms with E-state index in [-0.39, 0.29) is 24.3 Å². The highest BCUT2D eigenvalue weighted by atomic mass is 19.1. The number of rotatable bonds is 5. The summed E-state index contributed by atoms with van der Waals surface area (Å²) >= 11 is 0. The second-order valence-corrected chi connectivity index (χ2v) is 5.99. The van der Waals surface area contributed by atoms with Crippen LogP contribution in [0.3, 0.4) is 0 Å². The number of carbonyl (C=O) groups excluding carboxylic acids is 1. The van der Waals surface area contributed by atoms with Crippen molar-refractivity contribution < 1.29 is 9.18 Å². The lowest BCUT2D eigenvalue weighted by Crippen LogP contribution is -2.32. The molecule has 126 valence electrons. The monoisotopic (exact) mass is 328 g/mol. The number of H-pyrrole nitrogens is 1. The molecule has 0 unspecified atom stereocenters. The van der Waals surface area contributed by atoms with Crippen LogP contribution in [0.4, 0.5) is 4.39 Å². The molecule has 2 N–H and O–H groups in total. The first-order valence-electron chi connectivity index (χ1n) is 8.05. The van der Waals surface area contributed by atoms with Crippen LogP contribution < -0.4 is 5.32 Å². The number of benzene rings is 1. The molecule has 0 aliphatic heterocycles. The summed E-state index contributed by atoms with van der Waals surface area (Å²) in [7, 11) is 0. The summed E-state index contributed by atoms with van der Waals surface area (Å²) in [5.41, 5.74) is 3.65. The molecule has 0 radical (unpaired) electrons. The van der Waals surface area contributed by atoms with Crippen molar-refractivity contribution in [3.63, 3.8) is 0 Å². The van der Waals surface area contributed by atoms with E-state index in [0.717, 1.165) is 27.7 Å². The number of nitrogens with zero attached hydrogens (tertiary/aromatic N) is 2. The van der Waals surface area contributed by atoms with E-state index in [1.807, 2.05) is 20.8 Å². The molecule has 1 atom stereocenters. The first-order chi connectivity index (χ1) is 11.5. The van der Waals surface area contributed by atoms with Gasteiger partial charge in [-0.05, 0) is 49.6 Å². The van der Waals surface area contributed by atoms with Crippen molar-refractivity contribution in [2.75, 3.05) is 0 Å². The average molecular weight is 328 g/mol. The molecule has 0 bridgehead atoms. The maximum atomic E-state index is 13.9. The average Bonchev–Trinajstić information content (AvgIpc) is 3.17. The highest BCUT2D eigenvalue weighted by molar-refractivity contribution is 5.88. The van der Waals surface area contributed by atoms with Gasteiger partial charge >= 0.3 is 0 Å². The van der Waals surface area contributed by atoms with Gasteiger partial charge in [-0.3, -0.25) is 9.48 Å². The van der Waals surface area contributed by atoms with Crippen molar-refractivity contribution >= 4 is 16.8 Å². The molecular weight excluding hydrogens is 307 g/mol. The minimum Gasteiger partial charge on any atom is -0.358 e. The molecule has 6 heteroatoms. The van der Waals surface area contributed by atoms with Crippen molar-refractivity contribution in [3.05, 3.63) is 53.2 Å². The van der Waals surface area contributed by atoms with Gasteiger partial charge in [0.25, 0.3) is 0 Å². The van der Waals surface area contributed by atoms with Gasteiger partial charge in [-0.25, -0.2) is 4.39 Å². The standard InChI is InChI=1S/C18H21FN4O/c1-4-16(23-7-5-6-21-23)18(24)20-10-13-8-14(19)9-15-11(2)12(3)22-17(13)15/h5-9,16,22H,4,10H2,1-3H3,(H,20,24)/t16-/m1/s1. The van der Waals surface area contributed by atoms with Crippen LogP contribution in [-0.4, -0.2) is 20.7 Å².